The van der Waals surface area contributed by atoms with E-state index in [-0.39, 0.29) is 6.85 Å². The van der Waals surface area contributed by atoms with Crippen LogP contribution in [0.3, 0.4) is 0 Å². The third kappa shape index (κ3) is 5.22. The molecule has 2 aliphatic rings. The maximum atomic E-state index is 5.03. The van der Waals surface area contributed by atoms with Crippen molar-refractivity contribution >= 4 is 34.3 Å². The quantitative estimate of drug-likeness (QED) is 0.172. The first kappa shape index (κ1) is 30.0. The predicted octanol–water partition coefficient (Wildman–Crippen LogP) is 10.5. The fraction of sp³-hybridized carbons (Fsp3) is 0. The lowest BCUT2D eigenvalue weighted by atomic mass is 9.48. The molecule has 0 radical (unpaired) electrons. The average Bonchev–Trinajstić information content (AvgIpc) is 3.23. The molecule has 0 saturated carbocycles. The molecule has 0 aliphatic carbocycles. The summed E-state index contributed by atoms with van der Waals surface area (Å²) in [6, 6.07) is 60.0. The van der Waals surface area contributed by atoms with Crippen LogP contribution in [0, 0.1) is 0 Å². The third-order valence-corrected chi connectivity index (χ3v) is 10.1. The van der Waals surface area contributed by atoms with Gasteiger partial charge in [-0.2, -0.15) is 0 Å². The zero-order valence-electron chi connectivity index (χ0n) is 28.3. The Bertz CT molecular complexity index is 2640. The second kappa shape index (κ2) is 12.5. The minimum absolute atomic E-state index is 0.0278. The van der Waals surface area contributed by atoms with Crippen molar-refractivity contribution in [2.75, 3.05) is 4.81 Å². The van der Waals surface area contributed by atoms with Crippen LogP contribution in [-0.2, 0) is 0 Å². The fourth-order valence-corrected chi connectivity index (χ4v) is 7.61. The Morgan fingerprint density at radius 2 is 1.02 bits per heavy atom. The lowest BCUT2D eigenvalue weighted by molar-refractivity contribution is 1.04. The molecule has 8 aromatic rings. The molecule has 0 unspecified atom stereocenters. The highest BCUT2D eigenvalue weighted by Crippen LogP contribution is 2.44. The summed E-state index contributed by atoms with van der Waals surface area (Å²) in [5, 5.41) is 2.50. The highest BCUT2D eigenvalue weighted by atomic mass is 15.1. The molecule has 4 nitrogen and oxygen atoms in total. The first-order valence-electron chi connectivity index (χ1n) is 17.6. The van der Waals surface area contributed by atoms with Gasteiger partial charge in [0.25, 0.3) is 0 Å². The van der Waals surface area contributed by atoms with Gasteiger partial charge >= 0.3 is 6.85 Å². The predicted molar refractivity (Wildman–Crippen MR) is 216 cm³/mol. The third-order valence-electron chi connectivity index (χ3n) is 10.1. The second-order valence-corrected chi connectivity index (χ2v) is 13.3. The topological polar surface area (TPSA) is 41.9 Å². The van der Waals surface area contributed by atoms with Crippen molar-refractivity contribution in [3.05, 3.63) is 194 Å². The van der Waals surface area contributed by atoms with E-state index in [1.807, 2.05) is 60.7 Å². The standard InChI is InChI=1S/C47H31BN4/c1-3-14-33(15-4-1)45-49-46(34-16-5-2-6-17-34)51-47(50-45)39-27-28-52-43-24-12-22-40(44(43)41-21-9-10-23-42(41)48(52)31-39)38-20-11-19-36(30-38)37-26-25-32-13-7-8-18-35(32)29-37/h1-31H. The summed E-state index contributed by atoms with van der Waals surface area (Å²) < 4.78 is 0. The first-order valence-corrected chi connectivity index (χ1v) is 17.6. The van der Waals surface area contributed by atoms with E-state index in [4.69, 9.17) is 15.0 Å². The van der Waals surface area contributed by atoms with Crippen LogP contribution in [-0.4, -0.2) is 21.8 Å². The minimum atomic E-state index is -0.0278. The summed E-state index contributed by atoms with van der Waals surface area (Å²) >= 11 is 0. The maximum absolute atomic E-state index is 5.03. The van der Waals surface area contributed by atoms with E-state index in [2.05, 4.69) is 132 Å². The van der Waals surface area contributed by atoms with Gasteiger partial charge in [0.15, 0.2) is 17.5 Å². The summed E-state index contributed by atoms with van der Waals surface area (Å²) in [5.74, 6) is 4.27. The van der Waals surface area contributed by atoms with Crippen molar-refractivity contribution in [1.29, 1.82) is 0 Å². The molecule has 2 aliphatic heterocycles. The number of nitrogens with zero attached hydrogens (tertiary/aromatic N) is 4. The Kier molecular flexibility index (Phi) is 7.21. The summed E-state index contributed by atoms with van der Waals surface area (Å²) in [5.41, 5.74) is 12.6. The van der Waals surface area contributed by atoms with Crippen molar-refractivity contribution in [3.63, 3.8) is 0 Å². The summed E-state index contributed by atoms with van der Waals surface area (Å²) in [6.07, 6.45) is 4.33. The van der Waals surface area contributed by atoms with Crippen molar-refractivity contribution < 1.29 is 0 Å². The highest BCUT2D eigenvalue weighted by molar-refractivity contribution is 6.84. The number of aromatic nitrogens is 3. The fourth-order valence-electron chi connectivity index (χ4n) is 7.61. The van der Waals surface area contributed by atoms with Gasteiger partial charge in [0.2, 0.25) is 0 Å². The van der Waals surface area contributed by atoms with E-state index < -0.39 is 0 Å². The molecule has 3 heterocycles. The van der Waals surface area contributed by atoms with Gasteiger partial charge in [0.05, 0.1) is 0 Å². The van der Waals surface area contributed by atoms with E-state index in [9.17, 15) is 0 Å². The normalized spacial score (nSPS) is 13.0. The number of rotatable bonds is 5. The maximum Gasteiger partial charge on any atom is 0.321 e. The lowest BCUT2D eigenvalue weighted by Gasteiger charge is -2.38. The minimum Gasteiger partial charge on any atom is -0.383 e. The van der Waals surface area contributed by atoms with Crippen molar-refractivity contribution in [3.8, 4) is 56.2 Å². The van der Waals surface area contributed by atoms with E-state index in [1.165, 1.54) is 55.3 Å². The number of anilines is 1. The molecule has 0 N–H and O–H groups in total. The molecule has 0 fully saturated rings. The molecular weight excluding hydrogens is 631 g/mol. The van der Waals surface area contributed by atoms with Crippen LogP contribution in [0.5, 0.6) is 0 Å². The molecule has 0 atom stereocenters. The van der Waals surface area contributed by atoms with Gasteiger partial charge in [-0.1, -0.05) is 158 Å². The van der Waals surface area contributed by atoms with Gasteiger partial charge in [0, 0.05) is 28.0 Å². The van der Waals surface area contributed by atoms with E-state index in [1.54, 1.807) is 0 Å². The molecular formula is C47H31BN4. The second-order valence-electron chi connectivity index (χ2n) is 13.3. The molecule has 7 aromatic carbocycles. The largest absolute Gasteiger partial charge is 0.383 e. The van der Waals surface area contributed by atoms with Gasteiger partial charge in [-0.15, -0.1) is 0 Å². The summed E-state index contributed by atoms with van der Waals surface area (Å²) in [4.78, 5) is 17.4. The number of benzene rings is 7. The number of fused-ring (bicyclic) bond motifs is 7. The molecule has 52 heavy (non-hydrogen) atoms. The van der Waals surface area contributed by atoms with Crippen molar-refractivity contribution in [2.45, 2.75) is 0 Å². The Hall–Kier alpha value is -6.85. The average molecular weight is 663 g/mol. The van der Waals surface area contributed by atoms with Gasteiger partial charge in [-0.3, -0.25) is 0 Å². The van der Waals surface area contributed by atoms with Crippen LogP contribution in [0.1, 0.15) is 5.82 Å². The van der Waals surface area contributed by atoms with Crippen molar-refractivity contribution in [1.82, 2.24) is 15.0 Å². The zero-order chi connectivity index (χ0) is 34.4. The smallest absolute Gasteiger partial charge is 0.321 e. The van der Waals surface area contributed by atoms with Gasteiger partial charge in [-0.05, 0) is 74.5 Å². The van der Waals surface area contributed by atoms with Crippen LogP contribution in [0.15, 0.2) is 188 Å². The number of hydrogen-bond acceptors (Lipinski definition) is 4. The zero-order valence-corrected chi connectivity index (χ0v) is 28.3. The van der Waals surface area contributed by atoms with Crippen LogP contribution in [0.2, 0.25) is 0 Å². The Morgan fingerprint density at radius 3 is 1.81 bits per heavy atom. The van der Waals surface area contributed by atoms with Crippen LogP contribution in [0.25, 0.3) is 72.5 Å². The van der Waals surface area contributed by atoms with Crippen LogP contribution in [0.4, 0.5) is 5.69 Å². The lowest BCUT2D eigenvalue weighted by Crippen LogP contribution is -2.49. The Labute approximate surface area is 303 Å². The molecule has 0 saturated heterocycles. The summed E-state index contributed by atoms with van der Waals surface area (Å²) in [7, 11) is 0. The van der Waals surface area contributed by atoms with Crippen LogP contribution >= 0.6 is 0 Å². The SMILES string of the molecule is C1=CN2B(C=C1c1nc(-c3ccccc3)nc(-c3ccccc3)n1)c1ccccc1-c1c(-c3cccc(-c4ccc5ccccc5c4)c3)cccc12. The monoisotopic (exact) mass is 662 g/mol. The van der Waals surface area contributed by atoms with E-state index in [0.29, 0.717) is 17.5 Å². The van der Waals surface area contributed by atoms with Crippen LogP contribution < -0.4 is 10.3 Å². The first-order chi connectivity index (χ1) is 25.8. The van der Waals surface area contributed by atoms with Crippen molar-refractivity contribution in [2.24, 2.45) is 0 Å². The molecule has 0 amide bonds. The van der Waals surface area contributed by atoms with E-state index >= 15 is 0 Å². The number of allylic oxidation sites excluding steroid dienone is 2. The molecule has 5 heteroatoms. The Balaban J connectivity index is 1.07. The Morgan fingerprint density at radius 1 is 0.423 bits per heavy atom. The summed E-state index contributed by atoms with van der Waals surface area (Å²) in [6.45, 7) is -0.0278. The van der Waals surface area contributed by atoms with Gasteiger partial charge in [0.1, 0.15) is 0 Å². The van der Waals surface area contributed by atoms with E-state index in [0.717, 1.165) is 16.7 Å². The number of hydrogen-bond donors (Lipinski definition) is 0. The molecule has 1 aromatic heterocycles. The molecule has 242 valence electrons. The molecule has 10 rings (SSSR count). The van der Waals surface area contributed by atoms with Gasteiger partial charge in [-0.25, -0.2) is 15.0 Å². The highest BCUT2D eigenvalue weighted by Gasteiger charge is 2.35. The van der Waals surface area contributed by atoms with Gasteiger partial charge < -0.3 is 4.81 Å². The molecule has 0 bridgehead atoms. The molecule has 0 spiro atoms.